The molecule has 3 rings (SSSR count). The summed E-state index contributed by atoms with van der Waals surface area (Å²) in [4.78, 5) is 25.8. The molecular formula is C17H20N4O4. The number of nitrogens with two attached hydrogens (primary N) is 1. The summed E-state index contributed by atoms with van der Waals surface area (Å²) in [5.74, 6) is -0.141. The second-order valence-electron chi connectivity index (χ2n) is 5.81. The van der Waals surface area contributed by atoms with Crippen molar-refractivity contribution < 1.29 is 19.1 Å². The number of primary amides is 1. The first kappa shape index (κ1) is 17.0. The number of ether oxygens (including phenoxy) is 2. The molecule has 8 nitrogen and oxygen atoms in total. The zero-order valence-corrected chi connectivity index (χ0v) is 14.1. The number of nitrogens with zero attached hydrogens (tertiary/aromatic N) is 3. The van der Waals surface area contributed by atoms with Gasteiger partial charge in [-0.05, 0) is 30.3 Å². The van der Waals surface area contributed by atoms with Crippen molar-refractivity contribution in [3.8, 4) is 11.4 Å². The second kappa shape index (κ2) is 6.94. The fourth-order valence-corrected chi connectivity index (χ4v) is 2.93. The molecule has 0 unspecified atom stereocenters. The summed E-state index contributed by atoms with van der Waals surface area (Å²) >= 11 is 0. The van der Waals surface area contributed by atoms with Crippen LogP contribution in [0, 0.1) is 0 Å². The van der Waals surface area contributed by atoms with Crippen molar-refractivity contribution in [2.75, 3.05) is 20.8 Å². The van der Waals surface area contributed by atoms with Gasteiger partial charge in [0.15, 0.2) is 5.69 Å². The second-order valence-corrected chi connectivity index (χ2v) is 5.81. The molecule has 8 heteroatoms. The largest absolute Gasteiger partial charge is 0.497 e. The molecule has 1 aromatic heterocycles. The molecule has 1 aliphatic rings. The van der Waals surface area contributed by atoms with Gasteiger partial charge in [-0.2, -0.15) is 5.10 Å². The molecule has 1 aromatic carbocycles. The summed E-state index contributed by atoms with van der Waals surface area (Å²) in [6, 6.07) is 8.23. The minimum absolute atomic E-state index is 0.204. The standard InChI is InChI=1S/C17H20N4O4/c1-24-12-5-3-11(4-6-12)21-8-7-14(19-21)17(23)20-10-13(25-2)9-15(20)16(18)22/h3-8,13,15H,9-10H2,1-2H3,(H2,18,22)/t13-,15-/m0/s1. The maximum absolute atomic E-state index is 12.7. The number of rotatable bonds is 5. The first-order valence-corrected chi connectivity index (χ1v) is 7.86. The fourth-order valence-electron chi connectivity index (χ4n) is 2.93. The van der Waals surface area contributed by atoms with Crippen molar-refractivity contribution in [2.24, 2.45) is 5.73 Å². The maximum atomic E-state index is 12.7. The Bertz CT molecular complexity index is 771. The predicted octanol–water partition coefficient (Wildman–Crippen LogP) is 0.596. The van der Waals surface area contributed by atoms with Gasteiger partial charge in [0.05, 0.1) is 18.9 Å². The average Bonchev–Trinajstić information content (AvgIpc) is 3.28. The lowest BCUT2D eigenvalue weighted by molar-refractivity contribution is -0.121. The number of amides is 2. The van der Waals surface area contributed by atoms with E-state index in [0.717, 1.165) is 11.4 Å². The highest BCUT2D eigenvalue weighted by atomic mass is 16.5. The smallest absolute Gasteiger partial charge is 0.275 e. The molecule has 132 valence electrons. The zero-order valence-electron chi connectivity index (χ0n) is 14.1. The summed E-state index contributed by atoms with van der Waals surface area (Å²) in [5.41, 5.74) is 6.46. The summed E-state index contributed by atoms with van der Waals surface area (Å²) in [7, 11) is 3.15. The van der Waals surface area contributed by atoms with E-state index in [-0.39, 0.29) is 17.7 Å². The minimum Gasteiger partial charge on any atom is -0.497 e. The summed E-state index contributed by atoms with van der Waals surface area (Å²) in [6.07, 6.45) is 1.89. The number of carbonyl (C=O) groups excluding carboxylic acids is 2. The normalized spacial score (nSPS) is 19.8. The highest BCUT2D eigenvalue weighted by molar-refractivity contribution is 5.96. The van der Waals surface area contributed by atoms with Crippen molar-refractivity contribution >= 4 is 11.8 Å². The number of likely N-dealkylation sites (tertiary alicyclic amines) is 1. The van der Waals surface area contributed by atoms with E-state index in [1.54, 1.807) is 31.2 Å². The Morgan fingerprint density at radius 1 is 1.20 bits per heavy atom. The van der Waals surface area contributed by atoms with Crippen LogP contribution in [0.2, 0.25) is 0 Å². The molecule has 2 amide bonds. The Kier molecular flexibility index (Phi) is 4.71. The van der Waals surface area contributed by atoms with Gasteiger partial charge >= 0.3 is 0 Å². The molecule has 2 heterocycles. The Morgan fingerprint density at radius 3 is 2.52 bits per heavy atom. The first-order valence-electron chi connectivity index (χ1n) is 7.86. The van der Waals surface area contributed by atoms with Crippen LogP contribution in [0.25, 0.3) is 5.69 Å². The third kappa shape index (κ3) is 3.34. The van der Waals surface area contributed by atoms with Crippen molar-refractivity contribution in [2.45, 2.75) is 18.6 Å². The van der Waals surface area contributed by atoms with E-state index in [9.17, 15) is 9.59 Å². The molecule has 0 aliphatic carbocycles. The zero-order chi connectivity index (χ0) is 18.0. The molecule has 1 aliphatic heterocycles. The van der Waals surface area contributed by atoms with Crippen LogP contribution in [0.15, 0.2) is 36.5 Å². The van der Waals surface area contributed by atoms with Gasteiger partial charge in [-0.3, -0.25) is 9.59 Å². The van der Waals surface area contributed by atoms with E-state index in [2.05, 4.69) is 5.10 Å². The highest BCUT2D eigenvalue weighted by Crippen LogP contribution is 2.22. The summed E-state index contributed by atoms with van der Waals surface area (Å²) in [5, 5.41) is 4.32. The van der Waals surface area contributed by atoms with Gasteiger partial charge in [0.2, 0.25) is 5.91 Å². The van der Waals surface area contributed by atoms with E-state index < -0.39 is 11.9 Å². The number of methoxy groups -OCH3 is 2. The van der Waals surface area contributed by atoms with E-state index >= 15 is 0 Å². The highest BCUT2D eigenvalue weighted by Gasteiger charge is 2.39. The number of hydrogen-bond donors (Lipinski definition) is 1. The lowest BCUT2D eigenvalue weighted by Crippen LogP contribution is -2.43. The number of aromatic nitrogens is 2. The Morgan fingerprint density at radius 2 is 1.92 bits per heavy atom. The van der Waals surface area contributed by atoms with Crippen LogP contribution in [0.1, 0.15) is 16.9 Å². The van der Waals surface area contributed by atoms with E-state index in [4.69, 9.17) is 15.2 Å². The van der Waals surface area contributed by atoms with Gasteiger partial charge in [-0.15, -0.1) is 0 Å². The van der Waals surface area contributed by atoms with Crippen molar-refractivity contribution in [3.05, 3.63) is 42.2 Å². The van der Waals surface area contributed by atoms with Gasteiger partial charge < -0.3 is 20.1 Å². The molecule has 2 atom stereocenters. The molecule has 0 bridgehead atoms. The topological polar surface area (TPSA) is 99.7 Å². The van der Waals surface area contributed by atoms with Crippen LogP contribution >= 0.6 is 0 Å². The van der Waals surface area contributed by atoms with E-state index in [1.165, 1.54) is 4.90 Å². The molecule has 0 radical (unpaired) electrons. The van der Waals surface area contributed by atoms with Crippen LogP contribution in [-0.2, 0) is 9.53 Å². The van der Waals surface area contributed by atoms with Gasteiger partial charge in [-0.25, -0.2) is 4.68 Å². The molecule has 1 saturated heterocycles. The summed E-state index contributed by atoms with van der Waals surface area (Å²) < 4.78 is 12.0. The molecule has 2 N–H and O–H groups in total. The average molecular weight is 344 g/mol. The Labute approximate surface area is 145 Å². The number of hydrogen-bond acceptors (Lipinski definition) is 5. The van der Waals surface area contributed by atoms with Gasteiger partial charge in [-0.1, -0.05) is 0 Å². The van der Waals surface area contributed by atoms with Gasteiger partial charge in [0, 0.05) is 26.3 Å². The van der Waals surface area contributed by atoms with Crippen LogP contribution in [0.4, 0.5) is 0 Å². The number of benzene rings is 1. The number of carbonyl (C=O) groups is 2. The predicted molar refractivity (Wildman–Crippen MR) is 89.5 cm³/mol. The first-order chi connectivity index (χ1) is 12.0. The van der Waals surface area contributed by atoms with E-state index in [1.807, 2.05) is 24.3 Å². The maximum Gasteiger partial charge on any atom is 0.275 e. The minimum atomic E-state index is -0.677. The molecule has 1 fully saturated rings. The monoisotopic (exact) mass is 344 g/mol. The van der Waals surface area contributed by atoms with Gasteiger partial charge in [0.25, 0.3) is 5.91 Å². The molecule has 2 aromatic rings. The molecular weight excluding hydrogens is 324 g/mol. The van der Waals surface area contributed by atoms with Crippen molar-refractivity contribution in [1.82, 2.24) is 14.7 Å². The van der Waals surface area contributed by atoms with Crippen LogP contribution in [0.5, 0.6) is 5.75 Å². The molecule has 25 heavy (non-hydrogen) atoms. The van der Waals surface area contributed by atoms with Crippen LogP contribution < -0.4 is 10.5 Å². The van der Waals surface area contributed by atoms with Gasteiger partial charge in [0.1, 0.15) is 11.8 Å². The lowest BCUT2D eigenvalue weighted by atomic mass is 10.2. The Hall–Kier alpha value is -2.87. The third-order valence-electron chi connectivity index (χ3n) is 4.33. The third-order valence-corrected chi connectivity index (χ3v) is 4.33. The molecule has 0 spiro atoms. The molecule has 0 saturated carbocycles. The SMILES string of the molecule is COc1ccc(-n2ccc(C(=O)N3C[C@@H](OC)C[C@H]3C(N)=O)n2)cc1. The lowest BCUT2D eigenvalue weighted by Gasteiger charge is -2.20. The Balaban J connectivity index is 1.81. The van der Waals surface area contributed by atoms with Crippen molar-refractivity contribution in [3.63, 3.8) is 0 Å². The van der Waals surface area contributed by atoms with E-state index in [0.29, 0.717) is 13.0 Å². The van der Waals surface area contributed by atoms with Crippen molar-refractivity contribution in [1.29, 1.82) is 0 Å². The summed E-state index contributed by atoms with van der Waals surface area (Å²) in [6.45, 7) is 0.318. The fraction of sp³-hybridized carbons (Fsp3) is 0.353. The van der Waals surface area contributed by atoms with Crippen LogP contribution in [0.3, 0.4) is 0 Å². The van der Waals surface area contributed by atoms with Crippen LogP contribution in [-0.4, -0.2) is 59.4 Å². The quantitative estimate of drug-likeness (QED) is 0.856.